The van der Waals surface area contributed by atoms with Crippen molar-refractivity contribution in [1.29, 1.82) is 0 Å². The molecule has 13 nitrogen and oxygen atoms in total. The lowest BCUT2D eigenvalue weighted by atomic mass is 9.90. The largest absolute Gasteiger partial charge is 0.493 e. The molecule has 1 amide bonds. The van der Waals surface area contributed by atoms with Gasteiger partial charge in [0.1, 0.15) is 25.4 Å². The number of carbonyl (C=O) groups excluding carboxylic acids is 3. The monoisotopic (exact) mass is 601 g/mol. The minimum absolute atomic E-state index is 0.00247. The van der Waals surface area contributed by atoms with Crippen LogP contribution in [0.3, 0.4) is 0 Å². The number of ether oxygens (including phenoxy) is 5. The smallest absolute Gasteiger partial charge is 0.302 e. The molecular formula is C28H32ClN5O8. The van der Waals surface area contributed by atoms with Gasteiger partial charge in [0.25, 0.3) is 5.91 Å². The van der Waals surface area contributed by atoms with Gasteiger partial charge in [-0.15, -0.1) is 5.10 Å². The summed E-state index contributed by atoms with van der Waals surface area (Å²) in [4.78, 5) is 39.3. The summed E-state index contributed by atoms with van der Waals surface area (Å²) in [7, 11) is 3.04. The summed E-state index contributed by atoms with van der Waals surface area (Å²) in [5.74, 6) is -0.217. The number of anilines is 1. The summed E-state index contributed by atoms with van der Waals surface area (Å²) in [5.41, 5.74) is 0.672. The molecule has 0 radical (unpaired) electrons. The summed E-state index contributed by atoms with van der Waals surface area (Å²) < 4.78 is 28.5. The number of nitrogens with one attached hydrogen (secondary N) is 1. The van der Waals surface area contributed by atoms with E-state index in [4.69, 9.17) is 35.3 Å². The van der Waals surface area contributed by atoms with Crippen LogP contribution in [-0.4, -0.2) is 78.6 Å². The first-order valence-corrected chi connectivity index (χ1v) is 13.4. The van der Waals surface area contributed by atoms with Gasteiger partial charge in [-0.3, -0.25) is 14.4 Å². The molecule has 0 aliphatic carbocycles. The molecule has 14 heteroatoms. The molecule has 42 heavy (non-hydrogen) atoms. The first kappa shape index (κ1) is 30.7. The number of aromatic amines is 1. The number of hydrogen-bond acceptors (Lipinski definition) is 11. The second-order valence-corrected chi connectivity index (χ2v) is 10.6. The molecule has 3 aromatic rings. The lowest BCUT2D eigenvalue weighted by Gasteiger charge is -2.35. The van der Waals surface area contributed by atoms with Crippen molar-refractivity contribution in [1.82, 2.24) is 20.6 Å². The Morgan fingerprint density at radius 2 is 1.79 bits per heavy atom. The Morgan fingerprint density at radius 3 is 2.38 bits per heavy atom. The molecule has 0 unspecified atom stereocenters. The number of rotatable bonds is 11. The van der Waals surface area contributed by atoms with Gasteiger partial charge in [-0.1, -0.05) is 30.7 Å². The van der Waals surface area contributed by atoms with Crippen LogP contribution in [0.4, 0.5) is 5.69 Å². The molecular weight excluding hydrogens is 570 g/mol. The van der Waals surface area contributed by atoms with E-state index < -0.39 is 35.5 Å². The summed E-state index contributed by atoms with van der Waals surface area (Å²) >= 11 is 6.49. The second kappa shape index (κ2) is 13.2. The lowest BCUT2D eigenvalue weighted by Crippen LogP contribution is -2.49. The first-order valence-electron chi connectivity index (χ1n) is 13.0. The van der Waals surface area contributed by atoms with E-state index in [1.54, 1.807) is 37.3 Å². The molecule has 0 saturated heterocycles. The minimum atomic E-state index is -1.08. The number of methoxy groups -OCH3 is 2. The van der Waals surface area contributed by atoms with Crippen LogP contribution >= 0.6 is 11.6 Å². The Labute approximate surface area is 247 Å². The van der Waals surface area contributed by atoms with Crippen LogP contribution in [0.15, 0.2) is 36.4 Å². The van der Waals surface area contributed by atoms with E-state index in [-0.39, 0.29) is 26.2 Å². The van der Waals surface area contributed by atoms with E-state index >= 15 is 0 Å². The van der Waals surface area contributed by atoms with Crippen molar-refractivity contribution in [3.8, 4) is 11.5 Å². The average molecular weight is 602 g/mol. The van der Waals surface area contributed by atoms with Crippen molar-refractivity contribution in [2.45, 2.75) is 39.4 Å². The molecule has 0 spiro atoms. The highest BCUT2D eigenvalue weighted by atomic mass is 35.5. The van der Waals surface area contributed by atoms with E-state index in [1.165, 1.54) is 33.0 Å². The highest BCUT2D eigenvalue weighted by Gasteiger charge is 2.42. The van der Waals surface area contributed by atoms with Gasteiger partial charge in [0, 0.05) is 48.6 Å². The number of amides is 1. The molecule has 2 heterocycles. The van der Waals surface area contributed by atoms with E-state index in [0.29, 0.717) is 39.2 Å². The Bertz CT molecular complexity index is 1420. The van der Waals surface area contributed by atoms with Crippen molar-refractivity contribution in [2.24, 2.45) is 5.41 Å². The molecule has 1 aliphatic heterocycles. The van der Waals surface area contributed by atoms with Crippen LogP contribution in [0.25, 0.3) is 0 Å². The number of hydrogen-bond donors (Lipinski definition) is 1. The number of esters is 2. The zero-order valence-electron chi connectivity index (χ0n) is 23.9. The topological polar surface area (TPSA) is 155 Å². The fraction of sp³-hybridized carbons (Fsp3) is 0.429. The maximum absolute atomic E-state index is 14.3. The van der Waals surface area contributed by atoms with E-state index in [1.807, 2.05) is 6.07 Å². The molecule has 0 saturated carbocycles. The van der Waals surface area contributed by atoms with Crippen LogP contribution in [-0.2, 0) is 35.0 Å². The number of aromatic nitrogens is 4. The quantitative estimate of drug-likeness (QED) is 0.322. The maximum Gasteiger partial charge on any atom is 0.302 e. The van der Waals surface area contributed by atoms with Gasteiger partial charge < -0.3 is 28.6 Å². The summed E-state index contributed by atoms with van der Waals surface area (Å²) in [6.45, 7) is 4.08. The van der Waals surface area contributed by atoms with Gasteiger partial charge in [0.05, 0.1) is 19.6 Å². The molecule has 0 fully saturated rings. The Kier molecular flexibility index (Phi) is 9.63. The van der Waals surface area contributed by atoms with Crippen molar-refractivity contribution >= 4 is 35.1 Å². The maximum atomic E-state index is 14.3. The summed E-state index contributed by atoms with van der Waals surface area (Å²) in [5, 5.41) is 14.3. The molecule has 0 bridgehead atoms. The number of halogens is 1. The molecule has 2 aromatic carbocycles. The summed E-state index contributed by atoms with van der Waals surface area (Å²) in [6.07, 6.45) is -1.91. The zero-order valence-corrected chi connectivity index (χ0v) is 24.6. The van der Waals surface area contributed by atoms with Gasteiger partial charge in [-0.25, -0.2) is 5.10 Å². The molecule has 1 N–H and O–H groups in total. The number of H-pyrrole nitrogens is 1. The van der Waals surface area contributed by atoms with Crippen molar-refractivity contribution in [2.75, 3.05) is 38.9 Å². The molecule has 4 rings (SSSR count). The number of nitrogens with zero attached hydrogens (tertiary/aromatic N) is 4. The number of benzene rings is 2. The first-order chi connectivity index (χ1) is 20.0. The fourth-order valence-electron chi connectivity index (χ4n) is 4.73. The van der Waals surface area contributed by atoms with Gasteiger partial charge in [-0.05, 0) is 34.7 Å². The third kappa shape index (κ3) is 6.97. The number of para-hydroxylation sites is 1. The highest BCUT2D eigenvalue weighted by Crippen LogP contribution is 2.45. The van der Waals surface area contributed by atoms with Crippen molar-refractivity contribution < 1.29 is 38.1 Å². The van der Waals surface area contributed by atoms with E-state index in [0.717, 1.165) is 0 Å². The van der Waals surface area contributed by atoms with Crippen LogP contribution in [0.1, 0.15) is 43.8 Å². The average Bonchev–Trinajstić information content (AvgIpc) is 3.45. The predicted octanol–water partition coefficient (Wildman–Crippen LogP) is 3.07. The third-order valence-electron chi connectivity index (χ3n) is 6.68. The molecule has 1 aliphatic rings. The highest BCUT2D eigenvalue weighted by molar-refractivity contribution is 6.30. The second-order valence-electron chi connectivity index (χ2n) is 10.1. The van der Waals surface area contributed by atoms with Crippen LogP contribution in [0.5, 0.6) is 11.5 Å². The van der Waals surface area contributed by atoms with Gasteiger partial charge in [-0.2, -0.15) is 0 Å². The SMILES string of the molecule is COc1cccc([C@H]2O[C@H](Cc3nnn[nH]3)C(=O)N(CC(C)(COC(C)=O)COC(C)=O)c3ccc(Cl)cc32)c1OC. The number of fused-ring (bicyclic) bond motifs is 1. The Balaban J connectivity index is 1.88. The van der Waals surface area contributed by atoms with Gasteiger partial charge in [0.15, 0.2) is 17.3 Å². The Hall–Kier alpha value is -4.23. The molecule has 224 valence electrons. The van der Waals surface area contributed by atoms with Gasteiger partial charge in [0.2, 0.25) is 0 Å². The van der Waals surface area contributed by atoms with Crippen LogP contribution < -0.4 is 14.4 Å². The van der Waals surface area contributed by atoms with Crippen molar-refractivity contribution in [3.63, 3.8) is 0 Å². The van der Waals surface area contributed by atoms with E-state index in [2.05, 4.69) is 20.6 Å². The van der Waals surface area contributed by atoms with Crippen LogP contribution in [0, 0.1) is 5.41 Å². The van der Waals surface area contributed by atoms with Gasteiger partial charge >= 0.3 is 11.9 Å². The molecule has 2 atom stereocenters. The standard InChI is InChI=1S/C28H32ClN5O8/c1-16(35)40-14-28(3,15-41-17(2)36)13-34-21-10-9-18(29)11-20(21)25(19-7-6-8-22(38-4)26(19)39-5)42-23(27(34)37)12-24-30-32-33-31-24/h6-11,23,25H,12-15H2,1-5H3,(H,30,31,32,33)/t23-,25-/m1/s1. The minimum Gasteiger partial charge on any atom is -0.493 e. The third-order valence-corrected chi connectivity index (χ3v) is 6.91. The zero-order chi connectivity index (χ0) is 30.4. The lowest BCUT2D eigenvalue weighted by molar-refractivity contribution is -0.150. The van der Waals surface area contributed by atoms with Crippen LogP contribution in [0.2, 0.25) is 5.02 Å². The fourth-order valence-corrected chi connectivity index (χ4v) is 4.92. The number of tetrazole rings is 1. The normalized spacial score (nSPS) is 16.8. The molecule has 1 aromatic heterocycles. The number of carbonyl (C=O) groups is 3. The van der Waals surface area contributed by atoms with E-state index in [9.17, 15) is 14.4 Å². The Morgan fingerprint density at radius 1 is 1.07 bits per heavy atom. The predicted molar refractivity (Wildman–Crippen MR) is 149 cm³/mol. The summed E-state index contributed by atoms with van der Waals surface area (Å²) in [6, 6.07) is 10.5. The van der Waals surface area contributed by atoms with Crippen molar-refractivity contribution in [3.05, 3.63) is 58.4 Å².